The molecule has 0 unspecified atom stereocenters. The molecule has 2 aromatic carbocycles. The summed E-state index contributed by atoms with van der Waals surface area (Å²) >= 11 is 0. The van der Waals surface area contributed by atoms with Crippen LogP contribution in [0.5, 0.6) is 0 Å². The maximum absolute atomic E-state index is 13.0. The highest BCUT2D eigenvalue weighted by atomic mass is 19.1. The average Bonchev–Trinajstić information content (AvgIpc) is 2.63. The maximum Gasteiger partial charge on any atom is 0.255 e. The van der Waals surface area contributed by atoms with Crippen molar-refractivity contribution < 1.29 is 9.18 Å². The normalized spacial score (nSPS) is 10.6. The minimum Gasteiger partial charge on any atom is -0.350 e. The first-order valence-corrected chi connectivity index (χ1v) is 9.25. The summed E-state index contributed by atoms with van der Waals surface area (Å²) in [6.45, 7) is 5.76. The molecule has 1 amide bonds. The van der Waals surface area contributed by atoms with Gasteiger partial charge in [-0.3, -0.25) is 14.2 Å². The quantitative estimate of drug-likeness (QED) is 0.672. The monoisotopic (exact) mass is 394 g/mol. The highest BCUT2D eigenvalue weighted by Gasteiger charge is 2.12. The summed E-state index contributed by atoms with van der Waals surface area (Å²) in [6, 6.07) is 13.2. The number of benzene rings is 2. The lowest BCUT2D eigenvalue weighted by molar-refractivity contribution is -0.121. The predicted molar refractivity (Wildman–Crippen MR) is 111 cm³/mol. The molecule has 1 heterocycles. The van der Waals surface area contributed by atoms with Gasteiger partial charge in [0.05, 0.1) is 0 Å². The largest absolute Gasteiger partial charge is 0.350 e. The van der Waals surface area contributed by atoms with Gasteiger partial charge in [-0.15, -0.1) is 0 Å². The summed E-state index contributed by atoms with van der Waals surface area (Å²) in [5, 5.41) is 5.89. The third kappa shape index (κ3) is 5.51. The second-order valence-electron chi connectivity index (χ2n) is 7.05. The van der Waals surface area contributed by atoms with Crippen molar-refractivity contribution in [1.82, 2.24) is 14.9 Å². The number of carbonyl (C=O) groups excluding carboxylic acids is 1. The van der Waals surface area contributed by atoms with Crippen LogP contribution in [0, 0.1) is 26.6 Å². The van der Waals surface area contributed by atoms with Gasteiger partial charge >= 0.3 is 0 Å². The molecular weight excluding hydrogens is 371 g/mol. The number of aryl methyl sites for hydroxylation is 3. The molecular formula is C22H23FN4O2. The maximum atomic E-state index is 13.0. The van der Waals surface area contributed by atoms with E-state index in [2.05, 4.69) is 15.6 Å². The van der Waals surface area contributed by atoms with E-state index >= 15 is 0 Å². The van der Waals surface area contributed by atoms with Crippen molar-refractivity contribution in [2.75, 3.05) is 5.32 Å². The fraction of sp³-hybridized carbons (Fsp3) is 0.227. The third-order valence-corrected chi connectivity index (χ3v) is 4.32. The number of halogens is 1. The van der Waals surface area contributed by atoms with E-state index in [0.717, 1.165) is 22.4 Å². The number of amides is 1. The Morgan fingerprint density at radius 3 is 2.34 bits per heavy atom. The summed E-state index contributed by atoms with van der Waals surface area (Å²) in [5.41, 5.74) is 3.95. The third-order valence-electron chi connectivity index (χ3n) is 4.32. The number of hydrogen-bond donors (Lipinski definition) is 2. The van der Waals surface area contributed by atoms with Crippen LogP contribution >= 0.6 is 0 Å². The van der Waals surface area contributed by atoms with Crippen molar-refractivity contribution in [2.45, 2.75) is 33.9 Å². The molecule has 150 valence electrons. The van der Waals surface area contributed by atoms with Crippen molar-refractivity contribution in [3.05, 3.63) is 87.1 Å². The number of carbonyl (C=O) groups is 1. The van der Waals surface area contributed by atoms with E-state index < -0.39 is 0 Å². The average molecular weight is 394 g/mol. The fourth-order valence-corrected chi connectivity index (χ4v) is 3.05. The summed E-state index contributed by atoms with van der Waals surface area (Å²) in [7, 11) is 0. The molecule has 0 fully saturated rings. The highest BCUT2D eigenvalue weighted by Crippen LogP contribution is 2.18. The molecule has 0 atom stereocenters. The minimum atomic E-state index is -0.342. The SMILES string of the molecule is Cc1cc(C)cc(Nc2nc(C)cc(=O)n2CC(=O)NCc2ccc(F)cc2)c1. The summed E-state index contributed by atoms with van der Waals surface area (Å²) < 4.78 is 14.3. The Balaban J connectivity index is 1.78. The van der Waals surface area contributed by atoms with Crippen LogP contribution in [0.25, 0.3) is 0 Å². The van der Waals surface area contributed by atoms with Crippen LogP contribution in [-0.2, 0) is 17.9 Å². The van der Waals surface area contributed by atoms with Gasteiger partial charge in [0, 0.05) is 24.0 Å². The molecule has 0 saturated carbocycles. The van der Waals surface area contributed by atoms with Crippen molar-refractivity contribution in [3.63, 3.8) is 0 Å². The Morgan fingerprint density at radius 2 is 1.69 bits per heavy atom. The zero-order chi connectivity index (χ0) is 21.0. The molecule has 3 aromatic rings. The van der Waals surface area contributed by atoms with Gasteiger partial charge in [-0.1, -0.05) is 18.2 Å². The van der Waals surface area contributed by atoms with Crippen molar-refractivity contribution in [3.8, 4) is 0 Å². The zero-order valence-electron chi connectivity index (χ0n) is 16.6. The molecule has 6 nitrogen and oxygen atoms in total. The van der Waals surface area contributed by atoms with Gasteiger partial charge in [0.1, 0.15) is 12.4 Å². The number of nitrogens with zero attached hydrogens (tertiary/aromatic N) is 2. The van der Waals surface area contributed by atoms with Gasteiger partial charge in [-0.2, -0.15) is 0 Å². The van der Waals surface area contributed by atoms with E-state index in [4.69, 9.17) is 0 Å². The molecule has 29 heavy (non-hydrogen) atoms. The van der Waals surface area contributed by atoms with Crippen LogP contribution in [0.3, 0.4) is 0 Å². The predicted octanol–water partition coefficient (Wildman–Crippen LogP) is 3.37. The number of hydrogen-bond acceptors (Lipinski definition) is 4. The van der Waals surface area contributed by atoms with Crippen molar-refractivity contribution in [1.29, 1.82) is 0 Å². The van der Waals surface area contributed by atoms with Gasteiger partial charge in [0.25, 0.3) is 5.56 Å². The fourth-order valence-electron chi connectivity index (χ4n) is 3.05. The van der Waals surface area contributed by atoms with Gasteiger partial charge in [0.15, 0.2) is 0 Å². The highest BCUT2D eigenvalue weighted by molar-refractivity contribution is 5.76. The topological polar surface area (TPSA) is 76.0 Å². The lowest BCUT2D eigenvalue weighted by atomic mass is 10.1. The molecule has 0 aliphatic heterocycles. The molecule has 0 aliphatic carbocycles. The second kappa shape index (κ2) is 8.68. The van der Waals surface area contributed by atoms with E-state index in [1.807, 2.05) is 32.0 Å². The first-order chi connectivity index (χ1) is 13.8. The number of anilines is 2. The summed E-state index contributed by atoms with van der Waals surface area (Å²) in [5.74, 6) is -0.373. The number of aromatic nitrogens is 2. The molecule has 3 rings (SSSR count). The summed E-state index contributed by atoms with van der Waals surface area (Å²) in [6.07, 6.45) is 0. The van der Waals surface area contributed by atoms with Crippen molar-refractivity contribution in [2.24, 2.45) is 0 Å². The molecule has 1 aromatic heterocycles. The Bertz CT molecular complexity index is 1070. The van der Waals surface area contributed by atoms with E-state index in [0.29, 0.717) is 11.6 Å². The number of rotatable bonds is 6. The minimum absolute atomic E-state index is 0.180. The molecule has 2 N–H and O–H groups in total. The smallest absolute Gasteiger partial charge is 0.255 e. The van der Waals surface area contributed by atoms with Crippen LogP contribution in [0.2, 0.25) is 0 Å². The lowest BCUT2D eigenvalue weighted by Crippen LogP contribution is -2.33. The summed E-state index contributed by atoms with van der Waals surface area (Å²) in [4.78, 5) is 29.3. The molecule has 7 heteroatoms. The van der Waals surface area contributed by atoms with E-state index in [-0.39, 0.29) is 30.4 Å². The Morgan fingerprint density at radius 1 is 1.03 bits per heavy atom. The molecule has 0 bridgehead atoms. The van der Waals surface area contributed by atoms with Crippen molar-refractivity contribution >= 4 is 17.5 Å². The first kappa shape index (κ1) is 20.3. The van der Waals surface area contributed by atoms with Crippen LogP contribution in [0.15, 0.2) is 53.3 Å². The standard InChI is InChI=1S/C22H23FN4O2/c1-14-8-15(2)10-19(9-14)26-22-25-16(3)11-21(29)27(22)13-20(28)24-12-17-4-6-18(23)7-5-17/h4-11H,12-13H2,1-3H3,(H,24,28)(H,25,26). The Kier molecular flexibility index (Phi) is 6.07. The van der Waals surface area contributed by atoms with Crippen LogP contribution in [0.1, 0.15) is 22.4 Å². The second-order valence-corrected chi connectivity index (χ2v) is 7.05. The van der Waals surface area contributed by atoms with E-state index in [1.165, 1.54) is 22.8 Å². The molecule has 0 aliphatic rings. The Hall–Kier alpha value is -3.48. The van der Waals surface area contributed by atoms with Gasteiger partial charge in [0.2, 0.25) is 11.9 Å². The molecule has 0 spiro atoms. The molecule has 0 saturated heterocycles. The van der Waals surface area contributed by atoms with Crippen LogP contribution in [-0.4, -0.2) is 15.5 Å². The van der Waals surface area contributed by atoms with E-state index in [1.54, 1.807) is 19.1 Å². The van der Waals surface area contributed by atoms with Gasteiger partial charge < -0.3 is 10.6 Å². The zero-order valence-corrected chi connectivity index (χ0v) is 16.6. The van der Waals surface area contributed by atoms with Gasteiger partial charge in [-0.05, 0) is 61.7 Å². The van der Waals surface area contributed by atoms with E-state index in [9.17, 15) is 14.0 Å². The van der Waals surface area contributed by atoms with Gasteiger partial charge in [-0.25, -0.2) is 9.37 Å². The van der Waals surface area contributed by atoms with Crippen LogP contribution < -0.4 is 16.2 Å². The Labute approximate surface area is 168 Å². The number of nitrogens with one attached hydrogen (secondary N) is 2. The molecule has 0 radical (unpaired) electrons. The lowest BCUT2D eigenvalue weighted by Gasteiger charge is -2.15. The first-order valence-electron chi connectivity index (χ1n) is 9.25. The van der Waals surface area contributed by atoms with Crippen LogP contribution in [0.4, 0.5) is 16.0 Å².